The van der Waals surface area contributed by atoms with E-state index in [-0.39, 0.29) is 0 Å². The number of hydrogen-bond acceptors (Lipinski definition) is 4. The lowest BCUT2D eigenvalue weighted by Crippen LogP contribution is -2.38. The lowest BCUT2D eigenvalue weighted by atomic mass is 9.90. The Bertz CT molecular complexity index is 410. The van der Waals surface area contributed by atoms with Gasteiger partial charge < -0.3 is 9.47 Å². The van der Waals surface area contributed by atoms with Crippen molar-refractivity contribution >= 4 is 11.9 Å². The molecule has 0 aliphatic carbocycles. The Kier molecular flexibility index (Phi) is 17.8. The summed E-state index contributed by atoms with van der Waals surface area (Å²) in [5.41, 5.74) is -1.35. The van der Waals surface area contributed by atoms with E-state index < -0.39 is 17.4 Å². The van der Waals surface area contributed by atoms with Gasteiger partial charge in [-0.25, -0.2) is 0 Å². The Morgan fingerprint density at radius 3 is 1.34 bits per heavy atom. The molecule has 0 spiro atoms. The van der Waals surface area contributed by atoms with Crippen molar-refractivity contribution in [3.05, 3.63) is 12.2 Å². The fourth-order valence-corrected chi connectivity index (χ4v) is 3.30. The molecule has 29 heavy (non-hydrogen) atoms. The van der Waals surface area contributed by atoms with Crippen LogP contribution in [0.5, 0.6) is 0 Å². The molecule has 0 saturated heterocycles. The molecule has 0 N–H and O–H groups in total. The molecule has 4 heteroatoms. The van der Waals surface area contributed by atoms with Crippen LogP contribution in [0.15, 0.2) is 12.2 Å². The molecule has 4 nitrogen and oxygen atoms in total. The minimum Gasteiger partial charge on any atom is -0.465 e. The van der Waals surface area contributed by atoms with E-state index in [1.165, 1.54) is 64.2 Å². The summed E-state index contributed by atoms with van der Waals surface area (Å²) in [7, 11) is 0. The maximum Gasteiger partial charge on any atom is 0.327 e. The van der Waals surface area contributed by atoms with Crippen LogP contribution in [0, 0.1) is 5.41 Å². The third kappa shape index (κ3) is 13.5. The Hall–Kier alpha value is -1.32. The normalized spacial score (nSPS) is 11.7. The van der Waals surface area contributed by atoms with Crippen molar-refractivity contribution in [2.24, 2.45) is 5.41 Å². The van der Waals surface area contributed by atoms with Gasteiger partial charge >= 0.3 is 11.9 Å². The molecule has 0 fully saturated rings. The largest absolute Gasteiger partial charge is 0.465 e. The van der Waals surface area contributed by atoms with Crippen LogP contribution >= 0.6 is 0 Å². The highest BCUT2D eigenvalue weighted by atomic mass is 16.6. The van der Waals surface area contributed by atoms with Crippen LogP contribution in [0.3, 0.4) is 0 Å². The van der Waals surface area contributed by atoms with Crippen molar-refractivity contribution < 1.29 is 19.1 Å². The number of allylic oxidation sites excluding steroid dienone is 1. The van der Waals surface area contributed by atoms with Gasteiger partial charge in [-0.15, -0.1) is 0 Å². The molecule has 0 bridgehead atoms. The number of ether oxygens (including phenoxy) is 2. The molecule has 0 heterocycles. The van der Waals surface area contributed by atoms with E-state index in [0.29, 0.717) is 13.2 Å². The van der Waals surface area contributed by atoms with E-state index in [2.05, 4.69) is 13.8 Å². The Balaban J connectivity index is 4.14. The van der Waals surface area contributed by atoms with Crippen LogP contribution in [0.2, 0.25) is 0 Å². The minimum absolute atomic E-state index is 0.366. The summed E-state index contributed by atoms with van der Waals surface area (Å²) in [6.07, 6.45) is 19.5. The highest BCUT2D eigenvalue weighted by Crippen LogP contribution is 2.24. The lowest BCUT2D eigenvalue weighted by Gasteiger charge is -2.22. The zero-order valence-electron chi connectivity index (χ0n) is 19.6. The number of hydrogen-bond donors (Lipinski definition) is 0. The smallest absolute Gasteiger partial charge is 0.327 e. The summed E-state index contributed by atoms with van der Waals surface area (Å²) in [4.78, 5) is 25.1. The topological polar surface area (TPSA) is 52.6 Å². The van der Waals surface area contributed by atoms with Crippen LogP contribution in [-0.4, -0.2) is 25.2 Å². The number of carbonyl (C=O) groups excluding carboxylic acids is 2. The van der Waals surface area contributed by atoms with Gasteiger partial charge in [0, 0.05) is 0 Å². The lowest BCUT2D eigenvalue weighted by molar-refractivity contribution is -0.167. The second kappa shape index (κ2) is 18.7. The molecule has 0 amide bonds. The van der Waals surface area contributed by atoms with Gasteiger partial charge in [0.15, 0.2) is 5.41 Å². The molecule has 0 unspecified atom stereocenters. The average molecular weight is 411 g/mol. The number of carbonyl (C=O) groups is 2. The molecular formula is C25H46O4. The summed E-state index contributed by atoms with van der Waals surface area (Å²) in [6, 6.07) is 0. The predicted octanol–water partition coefficient (Wildman–Crippen LogP) is 7.16. The van der Waals surface area contributed by atoms with Crippen molar-refractivity contribution in [2.45, 2.75) is 118 Å². The molecule has 0 aliphatic heterocycles. The molecule has 0 aromatic heterocycles. The highest BCUT2D eigenvalue weighted by molar-refractivity contribution is 6.01. The van der Waals surface area contributed by atoms with Gasteiger partial charge in [-0.2, -0.15) is 0 Å². The Morgan fingerprint density at radius 2 is 1.00 bits per heavy atom. The van der Waals surface area contributed by atoms with E-state index in [4.69, 9.17) is 9.47 Å². The number of unbranched alkanes of at least 4 members (excludes halogenated alkanes) is 12. The van der Waals surface area contributed by atoms with Crippen LogP contribution < -0.4 is 0 Å². The van der Waals surface area contributed by atoms with Crippen molar-refractivity contribution in [1.29, 1.82) is 0 Å². The molecule has 0 atom stereocenters. The third-order valence-electron chi connectivity index (χ3n) is 5.31. The standard InChI is InChI=1S/C25H46O4/c1-5-8-10-12-14-16-18-21-28-23(26)25(4,20-7-3)24(27)29-22-19-17-15-13-11-9-6-2/h7,20H,5-6,8-19,21-22H2,1-4H3. The van der Waals surface area contributed by atoms with Crippen molar-refractivity contribution in [2.75, 3.05) is 13.2 Å². The molecule has 0 radical (unpaired) electrons. The second-order valence-electron chi connectivity index (χ2n) is 8.22. The van der Waals surface area contributed by atoms with Crippen LogP contribution in [0.25, 0.3) is 0 Å². The van der Waals surface area contributed by atoms with Gasteiger partial charge in [0.25, 0.3) is 0 Å². The highest BCUT2D eigenvalue weighted by Gasteiger charge is 2.41. The second-order valence-corrected chi connectivity index (χ2v) is 8.22. The maximum atomic E-state index is 12.5. The number of rotatable bonds is 19. The molecular weight excluding hydrogens is 364 g/mol. The van der Waals surface area contributed by atoms with Crippen LogP contribution in [-0.2, 0) is 19.1 Å². The SMILES string of the molecule is CC=CC(C)(C(=O)OCCCCCCCCC)C(=O)OCCCCCCCCC. The van der Waals surface area contributed by atoms with Gasteiger partial charge in [0.05, 0.1) is 13.2 Å². The summed E-state index contributed by atoms with van der Waals surface area (Å²) in [5.74, 6) is -1.02. The molecule has 170 valence electrons. The van der Waals surface area contributed by atoms with E-state index in [0.717, 1.165) is 25.7 Å². The first-order valence-corrected chi connectivity index (χ1v) is 12.0. The molecule has 0 aromatic carbocycles. The average Bonchev–Trinajstić information content (AvgIpc) is 2.71. The predicted molar refractivity (Wildman–Crippen MR) is 121 cm³/mol. The zero-order chi connectivity index (χ0) is 21.8. The first-order valence-electron chi connectivity index (χ1n) is 12.0. The van der Waals surface area contributed by atoms with E-state index in [1.54, 1.807) is 26.0 Å². The zero-order valence-corrected chi connectivity index (χ0v) is 19.6. The van der Waals surface area contributed by atoms with Gasteiger partial charge in [-0.1, -0.05) is 103 Å². The first kappa shape index (κ1) is 27.7. The van der Waals surface area contributed by atoms with Gasteiger partial charge in [0.1, 0.15) is 0 Å². The fourth-order valence-electron chi connectivity index (χ4n) is 3.30. The monoisotopic (exact) mass is 410 g/mol. The Morgan fingerprint density at radius 1 is 0.655 bits per heavy atom. The Labute approximate surface area is 179 Å². The maximum absolute atomic E-state index is 12.5. The third-order valence-corrected chi connectivity index (χ3v) is 5.31. The van der Waals surface area contributed by atoms with Crippen molar-refractivity contribution in [3.63, 3.8) is 0 Å². The quantitative estimate of drug-likeness (QED) is 0.0981. The van der Waals surface area contributed by atoms with Crippen LogP contribution in [0.1, 0.15) is 118 Å². The van der Waals surface area contributed by atoms with Crippen molar-refractivity contribution in [1.82, 2.24) is 0 Å². The molecule has 0 aliphatic rings. The van der Waals surface area contributed by atoms with E-state index >= 15 is 0 Å². The molecule has 0 saturated carbocycles. The summed E-state index contributed by atoms with van der Waals surface area (Å²) < 4.78 is 10.8. The van der Waals surface area contributed by atoms with E-state index in [1.807, 2.05) is 0 Å². The molecule has 0 rings (SSSR count). The van der Waals surface area contributed by atoms with Gasteiger partial charge in [-0.3, -0.25) is 9.59 Å². The van der Waals surface area contributed by atoms with E-state index in [9.17, 15) is 9.59 Å². The summed E-state index contributed by atoms with van der Waals surface area (Å²) in [6.45, 7) is 8.54. The summed E-state index contributed by atoms with van der Waals surface area (Å²) >= 11 is 0. The van der Waals surface area contributed by atoms with Gasteiger partial charge in [-0.05, 0) is 26.7 Å². The fraction of sp³-hybridized carbons (Fsp3) is 0.840. The van der Waals surface area contributed by atoms with Gasteiger partial charge in [0.2, 0.25) is 0 Å². The van der Waals surface area contributed by atoms with Crippen molar-refractivity contribution in [3.8, 4) is 0 Å². The minimum atomic E-state index is -1.35. The van der Waals surface area contributed by atoms with Crippen LogP contribution in [0.4, 0.5) is 0 Å². The number of esters is 2. The molecule has 0 aromatic rings. The summed E-state index contributed by atoms with van der Waals surface area (Å²) in [5, 5.41) is 0. The first-order chi connectivity index (χ1) is 14.0.